The number of amides is 2. The maximum Gasteiger partial charge on any atom is 0.321 e. The Morgan fingerprint density at radius 2 is 1.79 bits per heavy atom. The van der Waals surface area contributed by atoms with Crippen molar-refractivity contribution in [3.05, 3.63) is 65.9 Å². The summed E-state index contributed by atoms with van der Waals surface area (Å²) >= 11 is 5.97. The van der Waals surface area contributed by atoms with Gasteiger partial charge in [-0.3, -0.25) is 4.98 Å². The summed E-state index contributed by atoms with van der Waals surface area (Å²) in [4.78, 5) is 20.4. The Balaban J connectivity index is 1.30. The van der Waals surface area contributed by atoms with Crippen LogP contribution in [-0.2, 0) is 0 Å². The van der Waals surface area contributed by atoms with Gasteiger partial charge in [-0.1, -0.05) is 17.7 Å². The zero-order valence-electron chi connectivity index (χ0n) is 15.6. The van der Waals surface area contributed by atoms with Crippen molar-refractivity contribution in [2.45, 2.75) is 0 Å². The first kappa shape index (κ1) is 18.9. The number of nitrogens with one attached hydrogen (secondary N) is 2. The van der Waals surface area contributed by atoms with Gasteiger partial charge in [-0.2, -0.15) is 0 Å². The third-order valence-corrected chi connectivity index (χ3v) is 4.79. The van der Waals surface area contributed by atoms with Crippen molar-refractivity contribution >= 4 is 40.6 Å². The first-order valence-corrected chi connectivity index (χ1v) is 9.62. The lowest BCUT2D eigenvalue weighted by atomic mass is 10.3. The van der Waals surface area contributed by atoms with E-state index in [2.05, 4.69) is 30.7 Å². The SMILES string of the molecule is O=C(Nc1cccc(Cl)c1)N1CCN(c2ccc(Nc3cccnc3)nn2)CC1. The number of urea groups is 1. The topological polar surface area (TPSA) is 86.3 Å². The van der Waals surface area contributed by atoms with E-state index in [1.165, 1.54) is 0 Å². The maximum atomic E-state index is 12.5. The van der Waals surface area contributed by atoms with E-state index in [0.717, 1.165) is 11.5 Å². The van der Waals surface area contributed by atoms with E-state index in [-0.39, 0.29) is 6.03 Å². The molecule has 1 aliphatic rings. The van der Waals surface area contributed by atoms with E-state index in [9.17, 15) is 4.79 Å². The van der Waals surface area contributed by atoms with Crippen LogP contribution in [0.15, 0.2) is 60.9 Å². The third kappa shape index (κ3) is 4.91. The Kier molecular flexibility index (Phi) is 5.71. The summed E-state index contributed by atoms with van der Waals surface area (Å²) in [5.74, 6) is 1.44. The first-order chi connectivity index (χ1) is 14.2. The average Bonchev–Trinajstić information content (AvgIpc) is 2.75. The highest BCUT2D eigenvalue weighted by Gasteiger charge is 2.22. The van der Waals surface area contributed by atoms with Crippen LogP contribution < -0.4 is 15.5 Å². The molecule has 9 heteroatoms. The average molecular weight is 410 g/mol. The zero-order valence-corrected chi connectivity index (χ0v) is 16.4. The molecule has 29 heavy (non-hydrogen) atoms. The fraction of sp³-hybridized carbons (Fsp3) is 0.200. The number of hydrogen-bond donors (Lipinski definition) is 2. The minimum atomic E-state index is -0.131. The van der Waals surface area contributed by atoms with Crippen molar-refractivity contribution in [3.63, 3.8) is 0 Å². The molecule has 1 aliphatic heterocycles. The molecule has 2 amide bonds. The number of halogens is 1. The molecule has 0 unspecified atom stereocenters. The van der Waals surface area contributed by atoms with E-state index < -0.39 is 0 Å². The van der Waals surface area contributed by atoms with Crippen molar-refractivity contribution in [1.29, 1.82) is 0 Å². The molecule has 0 aliphatic carbocycles. The molecule has 3 heterocycles. The second-order valence-electron chi connectivity index (χ2n) is 6.56. The maximum absolute atomic E-state index is 12.5. The summed E-state index contributed by atoms with van der Waals surface area (Å²) < 4.78 is 0. The van der Waals surface area contributed by atoms with E-state index in [0.29, 0.717) is 42.7 Å². The second kappa shape index (κ2) is 8.74. The number of carbonyl (C=O) groups excluding carboxylic acids is 1. The van der Waals surface area contributed by atoms with Crippen LogP contribution in [0.4, 0.5) is 27.8 Å². The van der Waals surface area contributed by atoms with Crippen LogP contribution in [0.5, 0.6) is 0 Å². The van der Waals surface area contributed by atoms with Crippen molar-refractivity contribution in [2.75, 3.05) is 41.7 Å². The summed E-state index contributed by atoms with van der Waals surface area (Å²) in [5.41, 5.74) is 1.54. The van der Waals surface area contributed by atoms with Crippen LogP contribution in [0.1, 0.15) is 0 Å². The number of carbonyl (C=O) groups is 1. The number of piperazine rings is 1. The van der Waals surface area contributed by atoms with Gasteiger partial charge in [0, 0.05) is 43.1 Å². The van der Waals surface area contributed by atoms with E-state index in [1.54, 1.807) is 35.5 Å². The predicted octanol–water partition coefficient (Wildman–Crippen LogP) is 3.62. The standard InChI is InChI=1S/C20H20ClN7O/c21-15-3-1-4-16(13-15)24-20(29)28-11-9-27(10-12-28)19-7-6-18(25-26-19)23-17-5-2-8-22-14-17/h1-8,13-14H,9-12H2,(H,23,25)(H,24,29). The molecular weight excluding hydrogens is 390 g/mol. The van der Waals surface area contributed by atoms with Crippen molar-refractivity contribution in [1.82, 2.24) is 20.1 Å². The van der Waals surface area contributed by atoms with Gasteiger partial charge in [-0.25, -0.2) is 4.79 Å². The van der Waals surface area contributed by atoms with Gasteiger partial charge in [0.1, 0.15) is 0 Å². The molecule has 0 spiro atoms. The Bertz CT molecular complexity index is 960. The number of rotatable bonds is 4. The van der Waals surface area contributed by atoms with Crippen LogP contribution >= 0.6 is 11.6 Å². The lowest BCUT2D eigenvalue weighted by Crippen LogP contribution is -2.50. The van der Waals surface area contributed by atoms with Gasteiger partial charge < -0.3 is 20.4 Å². The van der Waals surface area contributed by atoms with E-state index >= 15 is 0 Å². The summed E-state index contributed by atoms with van der Waals surface area (Å²) in [6.45, 7) is 2.58. The Hall–Kier alpha value is -3.39. The number of anilines is 4. The van der Waals surface area contributed by atoms with Crippen LogP contribution in [0.2, 0.25) is 5.02 Å². The second-order valence-corrected chi connectivity index (χ2v) is 6.99. The molecule has 0 atom stereocenters. The smallest absolute Gasteiger partial charge is 0.321 e. The van der Waals surface area contributed by atoms with Crippen molar-refractivity contribution in [2.24, 2.45) is 0 Å². The quantitative estimate of drug-likeness (QED) is 0.684. The van der Waals surface area contributed by atoms with Crippen LogP contribution in [0, 0.1) is 0 Å². The van der Waals surface area contributed by atoms with Gasteiger partial charge in [0.2, 0.25) is 0 Å². The van der Waals surface area contributed by atoms with Gasteiger partial charge in [-0.15, -0.1) is 10.2 Å². The summed E-state index contributed by atoms with van der Waals surface area (Å²) in [6, 6.07) is 14.6. The minimum Gasteiger partial charge on any atom is -0.352 e. The molecule has 4 rings (SSSR count). The first-order valence-electron chi connectivity index (χ1n) is 9.24. The molecule has 1 fully saturated rings. The molecule has 0 radical (unpaired) electrons. The number of pyridine rings is 1. The Morgan fingerprint density at radius 1 is 0.966 bits per heavy atom. The molecule has 3 aromatic rings. The van der Waals surface area contributed by atoms with E-state index in [4.69, 9.17) is 11.6 Å². The Morgan fingerprint density at radius 3 is 2.48 bits per heavy atom. The largest absolute Gasteiger partial charge is 0.352 e. The van der Waals surface area contributed by atoms with Gasteiger partial charge in [-0.05, 0) is 42.5 Å². The highest BCUT2D eigenvalue weighted by molar-refractivity contribution is 6.30. The minimum absolute atomic E-state index is 0.131. The van der Waals surface area contributed by atoms with Gasteiger partial charge in [0.15, 0.2) is 11.6 Å². The molecule has 2 N–H and O–H groups in total. The third-order valence-electron chi connectivity index (χ3n) is 4.55. The van der Waals surface area contributed by atoms with Crippen LogP contribution in [-0.4, -0.2) is 52.3 Å². The highest BCUT2D eigenvalue weighted by Crippen LogP contribution is 2.18. The predicted molar refractivity (Wildman–Crippen MR) is 114 cm³/mol. The van der Waals surface area contributed by atoms with E-state index in [1.807, 2.05) is 30.3 Å². The van der Waals surface area contributed by atoms with Gasteiger partial charge in [0.25, 0.3) is 0 Å². The molecule has 148 valence electrons. The zero-order chi connectivity index (χ0) is 20.1. The number of aromatic nitrogens is 3. The lowest BCUT2D eigenvalue weighted by Gasteiger charge is -2.35. The molecule has 8 nitrogen and oxygen atoms in total. The molecular formula is C20H20ClN7O. The fourth-order valence-electron chi connectivity index (χ4n) is 3.05. The molecule has 0 bridgehead atoms. The number of nitrogens with zero attached hydrogens (tertiary/aromatic N) is 5. The summed E-state index contributed by atoms with van der Waals surface area (Å²) in [5, 5.41) is 15.2. The van der Waals surface area contributed by atoms with Gasteiger partial charge in [0.05, 0.1) is 11.9 Å². The monoisotopic (exact) mass is 409 g/mol. The Labute approximate surface area is 173 Å². The lowest BCUT2D eigenvalue weighted by molar-refractivity contribution is 0.208. The molecule has 1 saturated heterocycles. The van der Waals surface area contributed by atoms with Crippen LogP contribution in [0.3, 0.4) is 0 Å². The number of benzene rings is 1. The fourth-order valence-corrected chi connectivity index (χ4v) is 3.24. The van der Waals surface area contributed by atoms with Crippen LogP contribution in [0.25, 0.3) is 0 Å². The summed E-state index contributed by atoms with van der Waals surface area (Å²) in [7, 11) is 0. The van der Waals surface area contributed by atoms with Crippen molar-refractivity contribution in [3.8, 4) is 0 Å². The summed E-state index contributed by atoms with van der Waals surface area (Å²) in [6.07, 6.45) is 3.44. The van der Waals surface area contributed by atoms with Crippen molar-refractivity contribution < 1.29 is 4.79 Å². The van der Waals surface area contributed by atoms with Gasteiger partial charge >= 0.3 is 6.03 Å². The highest BCUT2D eigenvalue weighted by atomic mass is 35.5. The molecule has 2 aromatic heterocycles. The molecule has 0 saturated carbocycles. The number of hydrogen-bond acceptors (Lipinski definition) is 6. The molecule has 1 aromatic carbocycles. The normalized spacial score (nSPS) is 13.8.